The Bertz CT molecular complexity index is 1690. The summed E-state index contributed by atoms with van der Waals surface area (Å²) in [6.45, 7) is 5.07. The lowest BCUT2D eigenvalue weighted by molar-refractivity contribution is -0.147. The van der Waals surface area contributed by atoms with Gasteiger partial charge in [-0.25, -0.2) is 14.4 Å². The Morgan fingerprint density at radius 1 is 0.891 bits per heavy atom. The summed E-state index contributed by atoms with van der Waals surface area (Å²) in [5.74, 6) is -0.522. The highest BCUT2D eigenvalue weighted by atomic mass is 35.5. The molecule has 4 aromatic rings. The molecule has 1 amide bonds. The van der Waals surface area contributed by atoms with Crippen molar-refractivity contribution in [2.24, 2.45) is 0 Å². The first-order valence-electron chi connectivity index (χ1n) is 14.5. The van der Waals surface area contributed by atoms with Crippen LogP contribution in [-0.4, -0.2) is 36.2 Å². The Morgan fingerprint density at radius 2 is 1.54 bits per heavy atom. The van der Waals surface area contributed by atoms with E-state index in [-0.39, 0.29) is 18.7 Å². The van der Waals surface area contributed by atoms with Crippen LogP contribution in [0.5, 0.6) is 11.5 Å². The average Bonchev–Trinajstić information content (AvgIpc) is 3.36. The summed E-state index contributed by atoms with van der Waals surface area (Å²) in [5, 5.41) is 3.41. The minimum atomic E-state index is -1.19. The zero-order valence-electron chi connectivity index (χ0n) is 25.4. The van der Waals surface area contributed by atoms with E-state index in [0.29, 0.717) is 32.8 Å². The number of hydrogen-bond acceptors (Lipinski definition) is 8. The van der Waals surface area contributed by atoms with Crippen molar-refractivity contribution in [3.8, 4) is 11.5 Å². The molecular formula is C35H32Cl2N2O7. The summed E-state index contributed by atoms with van der Waals surface area (Å²) in [4.78, 5) is 41.2. The molecule has 238 valence electrons. The number of nitrogens with zero attached hydrogens (tertiary/aromatic N) is 1. The second-order valence-corrected chi connectivity index (χ2v) is 12.4. The van der Waals surface area contributed by atoms with Crippen molar-refractivity contribution < 1.29 is 33.3 Å². The molecule has 4 aromatic carbocycles. The third kappa shape index (κ3) is 8.50. The number of benzene rings is 4. The van der Waals surface area contributed by atoms with E-state index in [2.05, 4.69) is 5.32 Å². The predicted molar refractivity (Wildman–Crippen MR) is 174 cm³/mol. The van der Waals surface area contributed by atoms with Crippen LogP contribution in [0.15, 0.2) is 97.1 Å². The van der Waals surface area contributed by atoms with Crippen molar-refractivity contribution in [2.75, 3.05) is 11.4 Å². The van der Waals surface area contributed by atoms with Gasteiger partial charge in [0.25, 0.3) is 0 Å². The number of carbonyl (C=O) groups excluding carboxylic acids is 3. The number of nitrogens with one attached hydrogen (secondary N) is 1. The van der Waals surface area contributed by atoms with Crippen LogP contribution in [0.3, 0.4) is 0 Å². The summed E-state index contributed by atoms with van der Waals surface area (Å²) >= 11 is 12.7. The molecule has 1 heterocycles. The molecule has 0 saturated carbocycles. The van der Waals surface area contributed by atoms with E-state index in [1.807, 2.05) is 36.4 Å². The van der Waals surface area contributed by atoms with Crippen LogP contribution in [0, 0.1) is 0 Å². The first-order valence-corrected chi connectivity index (χ1v) is 15.2. The summed E-state index contributed by atoms with van der Waals surface area (Å²) in [7, 11) is 0. The topological polar surface area (TPSA) is 103 Å². The van der Waals surface area contributed by atoms with Gasteiger partial charge >= 0.3 is 18.0 Å². The van der Waals surface area contributed by atoms with Crippen molar-refractivity contribution in [3.05, 3.63) is 124 Å². The van der Waals surface area contributed by atoms with E-state index < -0.39 is 35.9 Å². The lowest BCUT2D eigenvalue weighted by Gasteiger charge is -2.30. The SMILES string of the molecule is CC(C)(C)OC(=O)NC(CN1c2ccc(C(=O)Oc3ccccc3)cc2OC1c1cc(Cl)cc(Cl)c1)C(=O)OCc1ccccc1. The Balaban J connectivity index is 1.46. The van der Waals surface area contributed by atoms with E-state index in [4.69, 9.17) is 42.1 Å². The van der Waals surface area contributed by atoms with Crippen molar-refractivity contribution in [3.63, 3.8) is 0 Å². The minimum Gasteiger partial charge on any atom is -0.464 e. The van der Waals surface area contributed by atoms with Gasteiger partial charge in [-0.1, -0.05) is 71.7 Å². The molecule has 0 aromatic heterocycles. The van der Waals surface area contributed by atoms with Crippen LogP contribution >= 0.6 is 23.2 Å². The largest absolute Gasteiger partial charge is 0.464 e. The van der Waals surface area contributed by atoms with E-state index in [1.54, 1.807) is 86.3 Å². The molecule has 0 bridgehead atoms. The van der Waals surface area contributed by atoms with Gasteiger partial charge in [-0.3, -0.25) is 0 Å². The van der Waals surface area contributed by atoms with E-state index in [1.165, 1.54) is 0 Å². The molecule has 0 fully saturated rings. The molecule has 0 saturated heterocycles. The maximum absolute atomic E-state index is 13.5. The molecule has 11 heteroatoms. The number of alkyl carbamates (subject to hydrolysis) is 1. The van der Waals surface area contributed by atoms with E-state index in [9.17, 15) is 14.4 Å². The smallest absolute Gasteiger partial charge is 0.408 e. The summed E-state index contributed by atoms with van der Waals surface area (Å²) in [6, 6.07) is 26.5. The number of hydrogen-bond donors (Lipinski definition) is 1. The van der Waals surface area contributed by atoms with Crippen molar-refractivity contribution in [1.82, 2.24) is 5.32 Å². The number of halogens is 2. The number of ether oxygens (including phenoxy) is 4. The fourth-order valence-electron chi connectivity index (χ4n) is 4.75. The third-order valence-electron chi connectivity index (χ3n) is 6.73. The number of para-hydroxylation sites is 1. The third-order valence-corrected chi connectivity index (χ3v) is 7.17. The number of amides is 1. The van der Waals surface area contributed by atoms with E-state index >= 15 is 0 Å². The lowest BCUT2D eigenvalue weighted by atomic mass is 10.1. The van der Waals surface area contributed by atoms with Gasteiger partial charge in [-0.15, -0.1) is 0 Å². The molecule has 0 radical (unpaired) electrons. The van der Waals surface area contributed by atoms with Gasteiger partial charge in [0.15, 0.2) is 6.23 Å². The van der Waals surface area contributed by atoms with Crippen LogP contribution in [0.1, 0.15) is 48.5 Å². The molecular weight excluding hydrogens is 631 g/mol. The molecule has 46 heavy (non-hydrogen) atoms. The van der Waals surface area contributed by atoms with Crippen LogP contribution in [0.25, 0.3) is 0 Å². The van der Waals surface area contributed by atoms with Crippen molar-refractivity contribution in [2.45, 2.75) is 45.2 Å². The maximum atomic E-state index is 13.5. The second-order valence-electron chi connectivity index (χ2n) is 11.5. The fraction of sp³-hybridized carbons (Fsp3) is 0.229. The number of esters is 2. The molecule has 1 N–H and O–H groups in total. The maximum Gasteiger partial charge on any atom is 0.408 e. The molecule has 9 nitrogen and oxygen atoms in total. The zero-order valence-corrected chi connectivity index (χ0v) is 26.9. The molecule has 1 aliphatic rings. The summed E-state index contributed by atoms with van der Waals surface area (Å²) in [6.07, 6.45) is -1.63. The second kappa shape index (κ2) is 14.1. The number of rotatable bonds is 9. The highest BCUT2D eigenvalue weighted by molar-refractivity contribution is 6.34. The van der Waals surface area contributed by atoms with Gasteiger partial charge in [0.05, 0.1) is 17.8 Å². The fourth-order valence-corrected chi connectivity index (χ4v) is 5.30. The highest BCUT2D eigenvalue weighted by Gasteiger charge is 2.38. The Morgan fingerprint density at radius 3 is 2.20 bits per heavy atom. The molecule has 2 atom stereocenters. The lowest BCUT2D eigenvalue weighted by Crippen LogP contribution is -2.51. The van der Waals surface area contributed by atoms with Crippen molar-refractivity contribution >= 4 is 46.9 Å². The number of anilines is 1. The first-order chi connectivity index (χ1) is 21.9. The number of fused-ring (bicyclic) bond motifs is 1. The molecule has 0 spiro atoms. The quantitative estimate of drug-likeness (QED) is 0.143. The normalized spacial score (nSPS) is 14.5. The molecule has 5 rings (SSSR count). The van der Waals surface area contributed by atoms with Crippen LogP contribution in [0.4, 0.5) is 10.5 Å². The Kier molecular flexibility index (Phi) is 10.0. The highest BCUT2D eigenvalue weighted by Crippen LogP contribution is 2.45. The van der Waals surface area contributed by atoms with Crippen LogP contribution in [0.2, 0.25) is 10.0 Å². The van der Waals surface area contributed by atoms with Gasteiger partial charge in [0, 0.05) is 15.6 Å². The minimum absolute atomic E-state index is 0.000521. The van der Waals surface area contributed by atoms with Gasteiger partial charge in [-0.2, -0.15) is 0 Å². The molecule has 1 aliphatic heterocycles. The standard InChI is InChI=1S/C35H32Cl2N2O7/c1-35(2,3)46-34(42)38-28(33(41)43-21-22-10-6-4-7-11-22)20-39-29-15-14-23(32(40)44-27-12-8-5-9-13-27)18-30(29)45-31(39)24-16-25(36)19-26(37)17-24/h4-19,28,31H,20-21H2,1-3H3,(H,38,42). The monoisotopic (exact) mass is 662 g/mol. The van der Waals surface area contributed by atoms with Gasteiger partial charge in [0.1, 0.15) is 29.7 Å². The average molecular weight is 664 g/mol. The summed E-state index contributed by atoms with van der Waals surface area (Å²) < 4.78 is 22.9. The van der Waals surface area contributed by atoms with Gasteiger partial charge < -0.3 is 29.2 Å². The molecule has 2 unspecified atom stereocenters. The summed E-state index contributed by atoms with van der Waals surface area (Å²) in [5.41, 5.74) is 1.35. The zero-order chi connectivity index (χ0) is 32.8. The van der Waals surface area contributed by atoms with Crippen LogP contribution in [-0.2, 0) is 20.9 Å². The van der Waals surface area contributed by atoms with Gasteiger partial charge in [0.2, 0.25) is 0 Å². The first kappa shape index (κ1) is 32.7. The van der Waals surface area contributed by atoms with Crippen molar-refractivity contribution in [1.29, 1.82) is 0 Å². The molecule has 0 aliphatic carbocycles. The Hall–Kier alpha value is -4.73. The predicted octanol–water partition coefficient (Wildman–Crippen LogP) is 7.75. The Labute approximate surface area is 276 Å². The van der Waals surface area contributed by atoms with E-state index in [0.717, 1.165) is 5.56 Å². The van der Waals surface area contributed by atoms with Gasteiger partial charge in [-0.05, 0) is 74.9 Å². The van der Waals surface area contributed by atoms with Crippen LogP contribution < -0.4 is 19.7 Å². The number of carbonyl (C=O) groups is 3.